The molecule has 0 aliphatic heterocycles. The van der Waals surface area contributed by atoms with Crippen molar-refractivity contribution < 1.29 is 14.6 Å². The van der Waals surface area contributed by atoms with Gasteiger partial charge in [0.05, 0.1) is 18.8 Å². The van der Waals surface area contributed by atoms with Crippen LogP contribution in [0.5, 0.6) is 5.75 Å². The predicted molar refractivity (Wildman–Crippen MR) is 83.7 cm³/mol. The number of aliphatic hydroxyl groups is 1. The van der Waals surface area contributed by atoms with Crippen molar-refractivity contribution in [2.75, 3.05) is 19.8 Å². The van der Waals surface area contributed by atoms with Gasteiger partial charge in [-0.05, 0) is 45.2 Å². The van der Waals surface area contributed by atoms with Gasteiger partial charge < -0.3 is 20.5 Å². The molecule has 1 aromatic carbocycles. The Balaban J connectivity index is 2.25. The summed E-state index contributed by atoms with van der Waals surface area (Å²) in [6, 6.07) is 5.77. The maximum atomic E-state index is 11.6. The van der Waals surface area contributed by atoms with E-state index in [1.54, 1.807) is 13.8 Å². The summed E-state index contributed by atoms with van der Waals surface area (Å²) in [5, 5.41) is 14.5. The molecular formula is C16H26N2O3. The number of amides is 2. The van der Waals surface area contributed by atoms with Crippen LogP contribution in [-0.4, -0.2) is 36.4 Å². The molecule has 5 nitrogen and oxygen atoms in total. The highest BCUT2D eigenvalue weighted by molar-refractivity contribution is 5.74. The number of benzene rings is 1. The third kappa shape index (κ3) is 6.04. The van der Waals surface area contributed by atoms with Crippen LogP contribution < -0.4 is 15.4 Å². The lowest BCUT2D eigenvalue weighted by Gasteiger charge is -2.23. The SMILES string of the molecule is Cc1cccc(C)c1OCCCNC(=O)NC(C)(C)CO. The largest absolute Gasteiger partial charge is 0.493 e. The number of hydrogen-bond donors (Lipinski definition) is 3. The number of carbonyl (C=O) groups is 1. The van der Waals surface area contributed by atoms with Crippen molar-refractivity contribution in [3.63, 3.8) is 0 Å². The molecule has 21 heavy (non-hydrogen) atoms. The van der Waals surface area contributed by atoms with Crippen LogP contribution in [-0.2, 0) is 0 Å². The minimum Gasteiger partial charge on any atom is -0.493 e. The van der Waals surface area contributed by atoms with Gasteiger partial charge in [-0.15, -0.1) is 0 Å². The number of para-hydroxylation sites is 1. The van der Waals surface area contributed by atoms with Crippen molar-refractivity contribution in [1.29, 1.82) is 0 Å². The molecule has 2 amide bonds. The predicted octanol–water partition coefficient (Wildman–Crippen LogP) is 2.14. The number of hydrogen-bond acceptors (Lipinski definition) is 3. The van der Waals surface area contributed by atoms with Gasteiger partial charge in [0.25, 0.3) is 0 Å². The highest BCUT2D eigenvalue weighted by Gasteiger charge is 2.18. The number of aliphatic hydroxyl groups excluding tert-OH is 1. The molecule has 0 aliphatic carbocycles. The van der Waals surface area contributed by atoms with Gasteiger partial charge in [-0.25, -0.2) is 4.79 Å². The number of aryl methyl sites for hydroxylation is 2. The van der Waals surface area contributed by atoms with Gasteiger partial charge in [0.2, 0.25) is 0 Å². The summed E-state index contributed by atoms with van der Waals surface area (Å²) in [5.74, 6) is 0.920. The molecule has 0 radical (unpaired) electrons. The van der Waals surface area contributed by atoms with Gasteiger partial charge >= 0.3 is 6.03 Å². The smallest absolute Gasteiger partial charge is 0.315 e. The highest BCUT2D eigenvalue weighted by atomic mass is 16.5. The van der Waals surface area contributed by atoms with E-state index >= 15 is 0 Å². The maximum absolute atomic E-state index is 11.6. The highest BCUT2D eigenvalue weighted by Crippen LogP contribution is 2.22. The van der Waals surface area contributed by atoms with Crippen molar-refractivity contribution >= 4 is 6.03 Å². The molecule has 118 valence electrons. The normalized spacial score (nSPS) is 11.1. The monoisotopic (exact) mass is 294 g/mol. The lowest BCUT2D eigenvalue weighted by molar-refractivity contribution is 0.181. The van der Waals surface area contributed by atoms with Crippen molar-refractivity contribution in [2.45, 2.75) is 39.7 Å². The first-order valence-electron chi connectivity index (χ1n) is 7.21. The molecule has 5 heteroatoms. The molecular weight excluding hydrogens is 268 g/mol. The Morgan fingerprint density at radius 3 is 2.48 bits per heavy atom. The number of urea groups is 1. The summed E-state index contributed by atoms with van der Waals surface area (Å²) >= 11 is 0. The van der Waals surface area contributed by atoms with E-state index in [0.29, 0.717) is 13.2 Å². The quantitative estimate of drug-likeness (QED) is 0.675. The molecule has 0 fully saturated rings. The standard InChI is InChI=1S/C16H26N2O3/c1-12-7-5-8-13(2)14(12)21-10-6-9-17-15(20)18-16(3,4)11-19/h5,7-8,19H,6,9-11H2,1-4H3,(H2,17,18,20). The zero-order valence-electron chi connectivity index (χ0n) is 13.3. The van der Waals surface area contributed by atoms with Gasteiger partial charge in [-0.1, -0.05) is 18.2 Å². The molecule has 0 unspecified atom stereocenters. The molecule has 0 atom stereocenters. The minimum atomic E-state index is -0.612. The molecule has 0 bridgehead atoms. The van der Waals surface area contributed by atoms with E-state index in [1.807, 2.05) is 32.0 Å². The van der Waals surface area contributed by atoms with E-state index in [9.17, 15) is 4.79 Å². The first-order chi connectivity index (χ1) is 9.85. The van der Waals surface area contributed by atoms with Crippen molar-refractivity contribution in [2.24, 2.45) is 0 Å². The summed E-state index contributed by atoms with van der Waals surface area (Å²) in [5.41, 5.74) is 1.62. The zero-order chi connectivity index (χ0) is 15.9. The fourth-order valence-corrected chi connectivity index (χ4v) is 1.87. The number of carbonyl (C=O) groups excluding carboxylic acids is 1. The molecule has 0 heterocycles. The summed E-state index contributed by atoms with van der Waals surface area (Å²) < 4.78 is 5.76. The van der Waals surface area contributed by atoms with Gasteiger partial charge in [0.15, 0.2) is 0 Å². The van der Waals surface area contributed by atoms with Crippen molar-refractivity contribution in [3.05, 3.63) is 29.3 Å². The molecule has 0 aliphatic rings. The van der Waals surface area contributed by atoms with E-state index < -0.39 is 5.54 Å². The Kier molecular flexibility index (Phi) is 6.49. The number of rotatable bonds is 7. The summed E-state index contributed by atoms with van der Waals surface area (Å²) in [6.07, 6.45) is 0.723. The van der Waals surface area contributed by atoms with Crippen LogP contribution in [0.3, 0.4) is 0 Å². The Bertz CT molecular complexity index is 452. The van der Waals surface area contributed by atoms with Gasteiger partial charge in [0.1, 0.15) is 5.75 Å². The topological polar surface area (TPSA) is 70.6 Å². The van der Waals surface area contributed by atoms with Crippen LogP contribution in [0.25, 0.3) is 0 Å². The van der Waals surface area contributed by atoms with Gasteiger partial charge in [0, 0.05) is 6.54 Å². The van der Waals surface area contributed by atoms with Crippen LogP contribution in [0, 0.1) is 13.8 Å². The Labute approximate surface area is 126 Å². The van der Waals surface area contributed by atoms with E-state index in [0.717, 1.165) is 23.3 Å². The van der Waals surface area contributed by atoms with E-state index in [1.165, 1.54) is 0 Å². The molecule has 0 saturated carbocycles. The third-order valence-electron chi connectivity index (χ3n) is 3.11. The van der Waals surface area contributed by atoms with Crippen molar-refractivity contribution in [3.8, 4) is 5.75 Å². The summed E-state index contributed by atoms with van der Waals surface area (Å²) in [6.45, 7) is 8.53. The molecule has 1 rings (SSSR count). The molecule has 0 aromatic heterocycles. The maximum Gasteiger partial charge on any atom is 0.315 e. The van der Waals surface area contributed by atoms with E-state index in [-0.39, 0.29) is 12.6 Å². The fraction of sp³-hybridized carbons (Fsp3) is 0.562. The lowest BCUT2D eigenvalue weighted by Crippen LogP contribution is -2.50. The van der Waals surface area contributed by atoms with E-state index in [2.05, 4.69) is 10.6 Å². The van der Waals surface area contributed by atoms with Crippen LogP contribution in [0.1, 0.15) is 31.4 Å². The second-order valence-corrected chi connectivity index (χ2v) is 5.85. The second-order valence-electron chi connectivity index (χ2n) is 5.85. The first kappa shape index (κ1) is 17.3. The van der Waals surface area contributed by atoms with Crippen LogP contribution >= 0.6 is 0 Å². The Hall–Kier alpha value is -1.75. The molecule has 0 saturated heterocycles. The lowest BCUT2D eigenvalue weighted by atomic mass is 10.1. The first-order valence-corrected chi connectivity index (χ1v) is 7.21. The van der Waals surface area contributed by atoms with Crippen LogP contribution in [0.2, 0.25) is 0 Å². The summed E-state index contributed by atoms with van der Waals surface area (Å²) in [7, 11) is 0. The fourth-order valence-electron chi connectivity index (χ4n) is 1.87. The molecule has 1 aromatic rings. The third-order valence-corrected chi connectivity index (χ3v) is 3.11. The zero-order valence-corrected chi connectivity index (χ0v) is 13.3. The molecule has 3 N–H and O–H groups in total. The average molecular weight is 294 g/mol. The van der Waals surface area contributed by atoms with E-state index in [4.69, 9.17) is 9.84 Å². The molecule has 0 spiro atoms. The number of nitrogens with one attached hydrogen (secondary N) is 2. The van der Waals surface area contributed by atoms with Crippen LogP contribution in [0.15, 0.2) is 18.2 Å². The Morgan fingerprint density at radius 1 is 1.29 bits per heavy atom. The summed E-state index contributed by atoms with van der Waals surface area (Å²) in [4.78, 5) is 11.6. The van der Waals surface area contributed by atoms with Crippen molar-refractivity contribution in [1.82, 2.24) is 10.6 Å². The van der Waals surface area contributed by atoms with Crippen LogP contribution in [0.4, 0.5) is 4.79 Å². The van der Waals surface area contributed by atoms with Gasteiger partial charge in [-0.2, -0.15) is 0 Å². The minimum absolute atomic E-state index is 0.101. The number of ether oxygens (including phenoxy) is 1. The second kappa shape index (κ2) is 7.88. The average Bonchev–Trinajstić information content (AvgIpc) is 2.41. The van der Waals surface area contributed by atoms with Gasteiger partial charge in [-0.3, -0.25) is 0 Å². The Morgan fingerprint density at radius 2 is 1.90 bits per heavy atom.